The molecule has 0 amide bonds. The molecule has 0 spiro atoms. The van der Waals surface area contributed by atoms with Crippen LogP contribution in [0.5, 0.6) is 5.75 Å². The number of nitrogens with zero attached hydrogens (tertiary/aromatic N) is 3. The van der Waals surface area contributed by atoms with E-state index in [1.807, 2.05) is 37.4 Å². The second kappa shape index (κ2) is 10.5. The zero-order valence-electron chi connectivity index (χ0n) is 21.0. The number of benzene rings is 2. The molecule has 1 unspecified atom stereocenters. The van der Waals surface area contributed by atoms with Crippen molar-refractivity contribution in [1.29, 1.82) is 0 Å². The molecule has 0 bridgehead atoms. The van der Waals surface area contributed by atoms with Gasteiger partial charge in [-0.1, -0.05) is 49.2 Å². The summed E-state index contributed by atoms with van der Waals surface area (Å²) in [7, 11) is 1.86. The summed E-state index contributed by atoms with van der Waals surface area (Å²) in [6.07, 6.45) is 4.24. The predicted octanol–water partition coefficient (Wildman–Crippen LogP) is 5.44. The smallest absolute Gasteiger partial charge is 0.336 e. The fraction of sp³-hybridized carbons (Fsp3) is 0.357. The Kier molecular flexibility index (Phi) is 6.94. The molecule has 1 atom stereocenters. The van der Waals surface area contributed by atoms with Gasteiger partial charge in [0.2, 0.25) is 0 Å². The molecular formula is C28H30N4O5. The Morgan fingerprint density at radius 2 is 1.81 bits per heavy atom. The van der Waals surface area contributed by atoms with Gasteiger partial charge < -0.3 is 14.8 Å². The Labute approximate surface area is 215 Å². The summed E-state index contributed by atoms with van der Waals surface area (Å²) >= 11 is 0. The molecular weight excluding hydrogens is 472 g/mol. The number of fused-ring (bicyclic) bond motifs is 1. The van der Waals surface area contributed by atoms with Crippen LogP contribution in [0, 0.1) is 10.1 Å². The second-order valence-electron chi connectivity index (χ2n) is 9.46. The van der Waals surface area contributed by atoms with Crippen LogP contribution in [0.15, 0.2) is 65.9 Å². The molecule has 1 saturated carbocycles. The minimum atomic E-state index is -0.676. The maximum absolute atomic E-state index is 13.6. The van der Waals surface area contributed by atoms with Crippen LogP contribution < -0.4 is 10.1 Å². The van der Waals surface area contributed by atoms with E-state index in [1.165, 1.54) is 6.07 Å². The summed E-state index contributed by atoms with van der Waals surface area (Å²) in [4.78, 5) is 25.2. The van der Waals surface area contributed by atoms with Crippen LogP contribution in [0.1, 0.15) is 61.3 Å². The monoisotopic (exact) mass is 502 g/mol. The van der Waals surface area contributed by atoms with Gasteiger partial charge in [-0.2, -0.15) is 5.10 Å². The number of aryl methyl sites for hydroxylation is 1. The molecule has 1 N–H and O–H groups in total. The molecule has 0 saturated heterocycles. The van der Waals surface area contributed by atoms with Crippen molar-refractivity contribution >= 4 is 17.5 Å². The third kappa shape index (κ3) is 4.81. The number of carbonyl (C=O) groups excluding carboxylic acids is 1. The molecule has 1 fully saturated rings. The number of anilines is 1. The van der Waals surface area contributed by atoms with Gasteiger partial charge in [-0.05, 0) is 31.9 Å². The maximum atomic E-state index is 13.6. The number of aromatic nitrogens is 2. The number of allylic oxidation sites excluding steroid dienone is 1. The van der Waals surface area contributed by atoms with E-state index in [9.17, 15) is 14.9 Å². The molecule has 2 aromatic carbocycles. The number of nitro benzene ring substituents is 1. The standard InChI is InChI=1S/C28H30N4O5/c1-18-23(28(33)37-17-16-36-20-12-4-3-5-13-20)24(21-14-8-9-15-22(21)32(34)35)25-26(19-10-6-7-11-19)30-31(2)27(25)29-18/h3-5,8-9,12-15,19,24,29H,6-7,10-11,16-17H2,1-2H3. The normalized spacial score (nSPS) is 17.3. The van der Waals surface area contributed by atoms with Crippen LogP contribution in [0.3, 0.4) is 0 Å². The molecule has 37 heavy (non-hydrogen) atoms. The number of ether oxygens (including phenoxy) is 2. The lowest BCUT2D eigenvalue weighted by Gasteiger charge is -2.29. The van der Waals surface area contributed by atoms with Crippen molar-refractivity contribution in [2.75, 3.05) is 18.5 Å². The molecule has 192 valence electrons. The highest BCUT2D eigenvalue weighted by atomic mass is 16.6. The van der Waals surface area contributed by atoms with Gasteiger partial charge in [-0.15, -0.1) is 0 Å². The lowest BCUT2D eigenvalue weighted by molar-refractivity contribution is -0.385. The highest BCUT2D eigenvalue weighted by Crippen LogP contribution is 2.49. The van der Waals surface area contributed by atoms with Crippen LogP contribution in [-0.4, -0.2) is 33.9 Å². The van der Waals surface area contributed by atoms with E-state index >= 15 is 0 Å². The van der Waals surface area contributed by atoms with Crippen molar-refractivity contribution in [3.05, 3.63) is 92.8 Å². The van der Waals surface area contributed by atoms with Gasteiger partial charge in [-0.3, -0.25) is 14.8 Å². The molecule has 3 aromatic rings. The SMILES string of the molecule is CC1=C(C(=O)OCCOc2ccccc2)C(c2ccccc2[N+](=O)[O-])c2c(C3CCCC3)nn(C)c2N1. The largest absolute Gasteiger partial charge is 0.490 e. The number of nitrogens with one attached hydrogen (secondary N) is 1. The number of rotatable bonds is 8. The van der Waals surface area contributed by atoms with Crippen LogP contribution in [-0.2, 0) is 16.6 Å². The van der Waals surface area contributed by atoms with Crippen LogP contribution in [0.25, 0.3) is 0 Å². The third-order valence-electron chi connectivity index (χ3n) is 7.13. The third-order valence-corrected chi connectivity index (χ3v) is 7.13. The minimum absolute atomic E-state index is 0.0351. The minimum Gasteiger partial charge on any atom is -0.490 e. The van der Waals surface area contributed by atoms with Crippen LogP contribution in [0.4, 0.5) is 11.5 Å². The topological polar surface area (TPSA) is 109 Å². The van der Waals surface area contributed by atoms with Crippen LogP contribution in [0.2, 0.25) is 0 Å². The Bertz CT molecular complexity index is 1340. The van der Waals surface area contributed by atoms with Crippen LogP contribution >= 0.6 is 0 Å². The lowest BCUT2D eigenvalue weighted by Crippen LogP contribution is -2.27. The Hall–Kier alpha value is -4.14. The molecule has 2 heterocycles. The number of carbonyl (C=O) groups is 1. The summed E-state index contributed by atoms with van der Waals surface area (Å²) in [5.74, 6) is 0.483. The zero-order chi connectivity index (χ0) is 25.9. The maximum Gasteiger partial charge on any atom is 0.336 e. The summed E-state index contributed by atoms with van der Waals surface area (Å²) < 4.78 is 13.1. The van der Waals surface area contributed by atoms with E-state index in [0.29, 0.717) is 22.6 Å². The molecule has 1 aromatic heterocycles. The van der Waals surface area contributed by atoms with Crippen molar-refractivity contribution in [2.45, 2.75) is 44.4 Å². The first-order valence-corrected chi connectivity index (χ1v) is 12.6. The first kappa shape index (κ1) is 24.5. The van der Waals surface area contributed by atoms with E-state index in [2.05, 4.69) is 5.32 Å². The first-order chi connectivity index (χ1) is 18.0. The van der Waals surface area contributed by atoms with Gasteiger partial charge in [-0.25, -0.2) is 4.79 Å². The highest BCUT2D eigenvalue weighted by Gasteiger charge is 2.42. The van der Waals surface area contributed by atoms with Gasteiger partial charge in [0.25, 0.3) is 5.69 Å². The molecule has 0 radical (unpaired) electrons. The molecule has 2 aliphatic rings. The predicted molar refractivity (Wildman–Crippen MR) is 139 cm³/mol. The molecule has 5 rings (SSSR count). The van der Waals surface area contributed by atoms with Gasteiger partial charge in [0.1, 0.15) is 24.8 Å². The quantitative estimate of drug-likeness (QED) is 0.189. The van der Waals surface area contributed by atoms with E-state index in [4.69, 9.17) is 14.6 Å². The molecule has 9 nitrogen and oxygen atoms in total. The Balaban J connectivity index is 1.51. The van der Waals surface area contributed by atoms with Crippen molar-refractivity contribution in [2.24, 2.45) is 7.05 Å². The first-order valence-electron chi connectivity index (χ1n) is 12.6. The molecule has 1 aliphatic heterocycles. The Morgan fingerprint density at radius 3 is 2.54 bits per heavy atom. The summed E-state index contributed by atoms with van der Waals surface area (Å²) in [6.45, 7) is 2.03. The number of hydrogen-bond donors (Lipinski definition) is 1. The highest BCUT2D eigenvalue weighted by molar-refractivity contribution is 5.95. The van der Waals surface area contributed by atoms with Gasteiger partial charge in [0.15, 0.2) is 0 Å². The van der Waals surface area contributed by atoms with E-state index in [1.54, 1.807) is 29.8 Å². The zero-order valence-corrected chi connectivity index (χ0v) is 21.0. The van der Waals surface area contributed by atoms with Crippen molar-refractivity contribution in [3.8, 4) is 5.75 Å². The number of esters is 1. The van der Waals surface area contributed by atoms with E-state index in [0.717, 1.165) is 42.8 Å². The van der Waals surface area contributed by atoms with Crippen molar-refractivity contribution < 1.29 is 19.2 Å². The second-order valence-corrected chi connectivity index (χ2v) is 9.46. The number of hydrogen-bond acceptors (Lipinski definition) is 7. The lowest BCUT2D eigenvalue weighted by atomic mass is 9.79. The fourth-order valence-electron chi connectivity index (χ4n) is 5.47. The number of para-hydroxylation sites is 2. The van der Waals surface area contributed by atoms with Gasteiger partial charge in [0.05, 0.1) is 22.1 Å². The Morgan fingerprint density at radius 1 is 1.11 bits per heavy atom. The summed E-state index contributed by atoms with van der Waals surface area (Å²) in [5, 5.41) is 20.2. The average molecular weight is 503 g/mol. The van der Waals surface area contributed by atoms with E-state index in [-0.39, 0.29) is 24.8 Å². The molecule has 9 heteroatoms. The summed E-state index contributed by atoms with van der Waals surface area (Å²) in [6, 6.07) is 15.9. The average Bonchev–Trinajstić information content (AvgIpc) is 3.55. The van der Waals surface area contributed by atoms with Crippen molar-refractivity contribution in [1.82, 2.24) is 9.78 Å². The van der Waals surface area contributed by atoms with E-state index < -0.39 is 16.8 Å². The van der Waals surface area contributed by atoms with Gasteiger partial charge in [0, 0.05) is 35.9 Å². The number of nitro groups is 1. The fourth-order valence-corrected chi connectivity index (χ4v) is 5.47. The summed E-state index contributed by atoms with van der Waals surface area (Å²) in [5.41, 5.74) is 3.08. The van der Waals surface area contributed by atoms with Gasteiger partial charge >= 0.3 is 5.97 Å². The van der Waals surface area contributed by atoms with Crippen molar-refractivity contribution in [3.63, 3.8) is 0 Å². The molecule has 1 aliphatic carbocycles.